The topological polar surface area (TPSA) is 38.1 Å². The summed E-state index contributed by atoms with van der Waals surface area (Å²) in [6, 6.07) is 5.76. The molecular formula is C8H7BrN2O. The van der Waals surface area contributed by atoms with Crippen molar-refractivity contribution in [2.45, 2.75) is 0 Å². The number of hydrogen-bond donors (Lipinski definition) is 1. The highest BCUT2D eigenvalue weighted by atomic mass is 79.9. The maximum Gasteiger partial charge on any atom is 0.178 e. The highest BCUT2D eigenvalue weighted by molar-refractivity contribution is 9.10. The van der Waals surface area contributed by atoms with Gasteiger partial charge in [-0.15, -0.1) is 0 Å². The van der Waals surface area contributed by atoms with Crippen molar-refractivity contribution in [3.63, 3.8) is 0 Å². The molecule has 0 spiro atoms. The fourth-order valence-electron chi connectivity index (χ4n) is 1.12. The number of aromatic nitrogens is 1. The van der Waals surface area contributed by atoms with E-state index in [4.69, 9.17) is 4.52 Å². The van der Waals surface area contributed by atoms with Gasteiger partial charge in [-0.2, -0.15) is 0 Å². The molecule has 12 heavy (non-hydrogen) atoms. The number of nitrogens with one attached hydrogen (secondary N) is 1. The minimum Gasteiger partial charge on any atom is -0.370 e. The summed E-state index contributed by atoms with van der Waals surface area (Å²) in [5, 5.41) is 7.80. The van der Waals surface area contributed by atoms with Gasteiger partial charge in [-0.25, -0.2) is 0 Å². The second kappa shape index (κ2) is 2.79. The summed E-state index contributed by atoms with van der Waals surface area (Å²) in [5.74, 6) is 0.762. The molecule has 4 heteroatoms. The lowest BCUT2D eigenvalue weighted by molar-refractivity contribution is 0.460. The van der Waals surface area contributed by atoms with E-state index in [0.717, 1.165) is 21.3 Å². The molecule has 1 aromatic heterocycles. The van der Waals surface area contributed by atoms with Crippen LogP contribution in [-0.4, -0.2) is 12.2 Å². The molecule has 0 aliphatic rings. The van der Waals surface area contributed by atoms with Crippen molar-refractivity contribution in [1.82, 2.24) is 5.16 Å². The van der Waals surface area contributed by atoms with E-state index in [0.29, 0.717) is 0 Å². The molecule has 0 aliphatic heterocycles. The third-order valence-corrected chi connectivity index (χ3v) is 2.35. The zero-order valence-corrected chi connectivity index (χ0v) is 8.05. The van der Waals surface area contributed by atoms with Crippen molar-refractivity contribution >= 4 is 32.7 Å². The van der Waals surface area contributed by atoms with E-state index in [1.165, 1.54) is 0 Å². The molecule has 0 aliphatic carbocycles. The first-order valence-electron chi connectivity index (χ1n) is 3.54. The Hall–Kier alpha value is -1.03. The van der Waals surface area contributed by atoms with Gasteiger partial charge in [0.05, 0.1) is 5.39 Å². The van der Waals surface area contributed by atoms with Gasteiger partial charge in [-0.05, 0) is 28.1 Å². The van der Waals surface area contributed by atoms with E-state index in [1.807, 2.05) is 25.2 Å². The highest BCUT2D eigenvalue weighted by Gasteiger charge is 2.08. The van der Waals surface area contributed by atoms with Crippen molar-refractivity contribution in [2.24, 2.45) is 0 Å². The minimum absolute atomic E-state index is 0.762. The normalized spacial score (nSPS) is 10.5. The third-order valence-electron chi connectivity index (χ3n) is 1.68. The monoisotopic (exact) mass is 226 g/mol. The molecule has 0 bridgehead atoms. The quantitative estimate of drug-likeness (QED) is 0.813. The van der Waals surface area contributed by atoms with E-state index < -0.39 is 0 Å². The Bertz CT molecular complexity index is 410. The van der Waals surface area contributed by atoms with E-state index in [9.17, 15) is 0 Å². The number of halogens is 1. The first-order valence-corrected chi connectivity index (χ1v) is 4.34. The molecule has 62 valence electrons. The van der Waals surface area contributed by atoms with Crippen LogP contribution in [0.15, 0.2) is 27.2 Å². The van der Waals surface area contributed by atoms with Crippen LogP contribution in [0.3, 0.4) is 0 Å². The standard InChI is InChI=1S/C8H7BrN2O/c1-10-8-7-5(9)3-2-4-6(7)12-11-8/h2-4H,1H3,(H,10,11). The van der Waals surface area contributed by atoms with Crippen LogP contribution in [0.5, 0.6) is 0 Å². The number of anilines is 1. The van der Waals surface area contributed by atoms with E-state index in [-0.39, 0.29) is 0 Å². The van der Waals surface area contributed by atoms with Gasteiger partial charge >= 0.3 is 0 Å². The molecule has 1 heterocycles. The van der Waals surface area contributed by atoms with Crippen LogP contribution in [-0.2, 0) is 0 Å². The second-order valence-electron chi connectivity index (χ2n) is 2.39. The maximum absolute atomic E-state index is 5.08. The SMILES string of the molecule is CNc1noc2cccc(Br)c12. The lowest BCUT2D eigenvalue weighted by atomic mass is 10.2. The molecule has 0 fully saturated rings. The summed E-state index contributed by atoms with van der Waals surface area (Å²) in [6.07, 6.45) is 0. The molecule has 2 rings (SSSR count). The van der Waals surface area contributed by atoms with Crippen LogP contribution in [0.25, 0.3) is 11.0 Å². The van der Waals surface area contributed by atoms with Gasteiger partial charge in [0.25, 0.3) is 0 Å². The molecule has 2 aromatic rings. The third kappa shape index (κ3) is 0.992. The molecule has 0 saturated heterocycles. The largest absolute Gasteiger partial charge is 0.370 e. The number of benzene rings is 1. The van der Waals surface area contributed by atoms with Gasteiger partial charge in [0.2, 0.25) is 0 Å². The number of hydrogen-bond acceptors (Lipinski definition) is 3. The first-order chi connectivity index (χ1) is 5.83. The van der Waals surface area contributed by atoms with Crippen molar-refractivity contribution < 1.29 is 4.52 Å². The fraction of sp³-hybridized carbons (Fsp3) is 0.125. The summed E-state index contributed by atoms with van der Waals surface area (Å²) in [4.78, 5) is 0. The average Bonchev–Trinajstić information content (AvgIpc) is 2.49. The lowest BCUT2D eigenvalue weighted by Gasteiger charge is -1.93. The second-order valence-corrected chi connectivity index (χ2v) is 3.25. The van der Waals surface area contributed by atoms with Gasteiger partial charge in [0.15, 0.2) is 11.4 Å². The Labute approximate surface area is 77.9 Å². The fourth-order valence-corrected chi connectivity index (χ4v) is 1.66. The zero-order chi connectivity index (χ0) is 8.55. The van der Waals surface area contributed by atoms with E-state index >= 15 is 0 Å². The van der Waals surface area contributed by atoms with Crippen LogP contribution in [0.2, 0.25) is 0 Å². The van der Waals surface area contributed by atoms with E-state index in [2.05, 4.69) is 26.4 Å². The van der Waals surface area contributed by atoms with Gasteiger partial charge in [0, 0.05) is 11.5 Å². The van der Waals surface area contributed by atoms with Crippen LogP contribution >= 0.6 is 15.9 Å². The van der Waals surface area contributed by atoms with Crippen LogP contribution in [0.4, 0.5) is 5.82 Å². The average molecular weight is 227 g/mol. The van der Waals surface area contributed by atoms with Crippen molar-refractivity contribution in [3.05, 3.63) is 22.7 Å². The molecule has 0 amide bonds. The molecule has 0 unspecified atom stereocenters. The Morgan fingerprint density at radius 1 is 1.50 bits per heavy atom. The molecule has 1 aromatic carbocycles. The van der Waals surface area contributed by atoms with Crippen LogP contribution in [0, 0.1) is 0 Å². The lowest BCUT2D eigenvalue weighted by Crippen LogP contribution is -1.87. The Morgan fingerprint density at radius 2 is 2.33 bits per heavy atom. The van der Waals surface area contributed by atoms with Crippen LogP contribution in [0.1, 0.15) is 0 Å². The number of fused-ring (bicyclic) bond motifs is 1. The predicted molar refractivity (Wildman–Crippen MR) is 51.3 cm³/mol. The number of rotatable bonds is 1. The van der Waals surface area contributed by atoms with E-state index in [1.54, 1.807) is 0 Å². The Morgan fingerprint density at radius 3 is 3.08 bits per heavy atom. The van der Waals surface area contributed by atoms with Crippen molar-refractivity contribution in [1.29, 1.82) is 0 Å². The summed E-state index contributed by atoms with van der Waals surface area (Å²) in [7, 11) is 1.82. The van der Waals surface area contributed by atoms with Gasteiger partial charge in [-0.3, -0.25) is 0 Å². The molecular weight excluding hydrogens is 220 g/mol. The van der Waals surface area contributed by atoms with Gasteiger partial charge in [0.1, 0.15) is 0 Å². The summed E-state index contributed by atoms with van der Waals surface area (Å²) in [5.41, 5.74) is 0.786. The molecule has 1 N–H and O–H groups in total. The maximum atomic E-state index is 5.08. The summed E-state index contributed by atoms with van der Waals surface area (Å²) < 4.78 is 6.07. The molecule has 3 nitrogen and oxygen atoms in total. The molecule has 0 atom stereocenters. The summed E-state index contributed by atoms with van der Waals surface area (Å²) in [6.45, 7) is 0. The Kier molecular flexibility index (Phi) is 1.77. The van der Waals surface area contributed by atoms with Crippen molar-refractivity contribution in [2.75, 3.05) is 12.4 Å². The van der Waals surface area contributed by atoms with Crippen LogP contribution < -0.4 is 5.32 Å². The van der Waals surface area contributed by atoms with Gasteiger partial charge in [-0.1, -0.05) is 11.2 Å². The predicted octanol–water partition coefficient (Wildman–Crippen LogP) is 2.63. The summed E-state index contributed by atoms with van der Waals surface area (Å²) >= 11 is 3.43. The number of nitrogens with zero attached hydrogens (tertiary/aromatic N) is 1. The minimum atomic E-state index is 0.762. The highest BCUT2D eigenvalue weighted by Crippen LogP contribution is 2.29. The Balaban J connectivity index is 2.83. The molecule has 0 saturated carbocycles. The van der Waals surface area contributed by atoms with Crippen molar-refractivity contribution in [3.8, 4) is 0 Å². The molecule has 0 radical (unpaired) electrons. The smallest absolute Gasteiger partial charge is 0.178 e. The zero-order valence-electron chi connectivity index (χ0n) is 6.47. The van der Waals surface area contributed by atoms with Gasteiger partial charge < -0.3 is 9.84 Å². The first kappa shape index (κ1) is 7.61.